The van der Waals surface area contributed by atoms with E-state index in [0.29, 0.717) is 11.8 Å². The smallest absolute Gasteiger partial charge is 0.272 e. The van der Waals surface area contributed by atoms with Crippen molar-refractivity contribution in [2.45, 2.75) is 45.8 Å². The summed E-state index contributed by atoms with van der Waals surface area (Å²) in [6, 6.07) is 2.66. The van der Waals surface area contributed by atoms with Crippen molar-refractivity contribution in [3.63, 3.8) is 0 Å². The first-order valence-electron chi connectivity index (χ1n) is 11.4. The van der Waals surface area contributed by atoms with Crippen LogP contribution in [-0.2, 0) is 11.2 Å². The normalized spacial score (nSPS) is 20.0. The Bertz CT molecular complexity index is 1090. The first-order chi connectivity index (χ1) is 14.9. The molecule has 0 aromatic carbocycles. The lowest BCUT2D eigenvalue weighted by Gasteiger charge is -2.11. The highest BCUT2D eigenvalue weighted by molar-refractivity contribution is 6.03. The summed E-state index contributed by atoms with van der Waals surface area (Å²) >= 11 is 0. The molecule has 0 saturated heterocycles. The van der Waals surface area contributed by atoms with Crippen LogP contribution in [0.2, 0.25) is 0 Å². The second-order valence-electron chi connectivity index (χ2n) is 7.09. The minimum atomic E-state index is -3.00. The van der Waals surface area contributed by atoms with Crippen molar-refractivity contribution in [2.24, 2.45) is 17.6 Å². The number of allylic oxidation sites excluding steroid dienone is 1. The highest BCUT2D eigenvalue weighted by Crippen LogP contribution is 2.49. The number of aromatic amines is 1. The average molecular weight is 374 g/mol. The standard InChI is InChI=1S/C20H24FN5O/c1-3-14-16(10(2)25-26-14)13-8-9-15(23-19(13)21)24-20(27)18(22)17(11-4-5-11)12-6-7-12/h8-9,11-12H,3-7,22H2,1-2H3,(H,25,26)(H,23,24,27)/i1D3,3D2. The lowest BCUT2D eigenvalue weighted by molar-refractivity contribution is -0.113. The third-order valence-corrected chi connectivity index (χ3v) is 5.02. The molecule has 0 atom stereocenters. The molecule has 2 aliphatic rings. The van der Waals surface area contributed by atoms with Crippen molar-refractivity contribution < 1.29 is 16.0 Å². The molecule has 2 aromatic heterocycles. The van der Waals surface area contributed by atoms with Crippen LogP contribution in [0.15, 0.2) is 23.4 Å². The van der Waals surface area contributed by atoms with Crippen LogP contribution in [0, 0.1) is 24.7 Å². The van der Waals surface area contributed by atoms with Crippen LogP contribution in [0.1, 0.15) is 50.8 Å². The number of hydrogen-bond acceptors (Lipinski definition) is 4. The second-order valence-corrected chi connectivity index (χ2v) is 7.09. The van der Waals surface area contributed by atoms with E-state index >= 15 is 0 Å². The number of hydrogen-bond donors (Lipinski definition) is 3. The molecule has 0 radical (unpaired) electrons. The number of pyridine rings is 1. The fraction of sp³-hybridized carbons (Fsp3) is 0.450. The maximum Gasteiger partial charge on any atom is 0.272 e. The van der Waals surface area contributed by atoms with Gasteiger partial charge in [0.15, 0.2) is 0 Å². The molecule has 1 amide bonds. The van der Waals surface area contributed by atoms with Gasteiger partial charge in [-0.15, -0.1) is 0 Å². The van der Waals surface area contributed by atoms with Gasteiger partial charge in [0.1, 0.15) is 5.82 Å². The Morgan fingerprint density at radius 2 is 2.11 bits per heavy atom. The predicted molar refractivity (Wildman–Crippen MR) is 101 cm³/mol. The molecule has 0 spiro atoms. The Balaban J connectivity index is 1.62. The van der Waals surface area contributed by atoms with Crippen molar-refractivity contribution in [1.82, 2.24) is 15.2 Å². The van der Waals surface area contributed by atoms with E-state index in [0.717, 1.165) is 31.3 Å². The number of nitrogens with zero attached hydrogens (tertiary/aromatic N) is 2. The molecule has 2 heterocycles. The first kappa shape index (κ1) is 12.6. The molecular formula is C20H24FN5O. The molecule has 142 valence electrons. The zero-order valence-electron chi connectivity index (χ0n) is 19.9. The van der Waals surface area contributed by atoms with Gasteiger partial charge >= 0.3 is 0 Å². The van der Waals surface area contributed by atoms with Gasteiger partial charge in [0, 0.05) is 23.7 Å². The van der Waals surface area contributed by atoms with Crippen LogP contribution in [0.5, 0.6) is 0 Å². The molecule has 0 bridgehead atoms. The summed E-state index contributed by atoms with van der Waals surface area (Å²) in [7, 11) is 0. The van der Waals surface area contributed by atoms with Crippen LogP contribution in [0.4, 0.5) is 10.2 Å². The zero-order valence-corrected chi connectivity index (χ0v) is 14.9. The van der Waals surface area contributed by atoms with Gasteiger partial charge in [-0.05, 0) is 68.5 Å². The lowest BCUT2D eigenvalue weighted by Crippen LogP contribution is -2.24. The van der Waals surface area contributed by atoms with E-state index in [1.807, 2.05) is 0 Å². The number of amides is 1. The van der Waals surface area contributed by atoms with Gasteiger partial charge in [0.05, 0.1) is 11.4 Å². The van der Waals surface area contributed by atoms with Gasteiger partial charge in [-0.2, -0.15) is 9.49 Å². The second kappa shape index (κ2) is 6.79. The van der Waals surface area contributed by atoms with Crippen molar-refractivity contribution in [3.05, 3.63) is 40.7 Å². The van der Waals surface area contributed by atoms with E-state index < -0.39 is 25.1 Å². The summed E-state index contributed by atoms with van der Waals surface area (Å²) in [4.78, 5) is 16.4. The molecule has 4 N–H and O–H groups in total. The molecule has 7 heteroatoms. The number of carbonyl (C=O) groups excluding carboxylic acids is 1. The van der Waals surface area contributed by atoms with Gasteiger partial charge in [-0.1, -0.05) is 6.85 Å². The van der Waals surface area contributed by atoms with Crippen LogP contribution in [0.25, 0.3) is 11.1 Å². The van der Waals surface area contributed by atoms with Crippen LogP contribution < -0.4 is 11.1 Å². The van der Waals surface area contributed by atoms with Gasteiger partial charge in [0.2, 0.25) is 5.95 Å². The van der Waals surface area contributed by atoms with Gasteiger partial charge in [-0.25, -0.2) is 4.98 Å². The number of halogens is 1. The minimum Gasteiger partial charge on any atom is -0.394 e. The summed E-state index contributed by atoms with van der Waals surface area (Å²) in [5.74, 6) is -0.863. The Morgan fingerprint density at radius 1 is 1.41 bits per heavy atom. The quantitative estimate of drug-likeness (QED) is 0.533. The van der Waals surface area contributed by atoms with Gasteiger partial charge in [0.25, 0.3) is 5.91 Å². The zero-order chi connectivity index (χ0) is 23.4. The molecule has 27 heavy (non-hydrogen) atoms. The van der Waals surface area contributed by atoms with E-state index in [9.17, 15) is 9.18 Å². The monoisotopic (exact) mass is 374 g/mol. The Hall–Kier alpha value is -2.70. The Kier molecular flexibility index (Phi) is 3.18. The number of rotatable bonds is 6. The third-order valence-electron chi connectivity index (χ3n) is 5.02. The number of anilines is 1. The molecule has 2 aromatic rings. The molecule has 2 aliphatic carbocycles. The van der Waals surface area contributed by atoms with Gasteiger partial charge in [-0.3, -0.25) is 9.89 Å². The predicted octanol–water partition coefficient (Wildman–Crippen LogP) is 3.45. The first-order valence-corrected chi connectivity index (χ1v) is 8.95. The molecule has 6 nitrogen and oxygen atoms in total. The summed E-state index contributed by atoms with van der Waals surface area (Å²) in [5.41, 5.74) is 6.97. The molecule has 2 fully saturated rings. The van der Waals surface area contributed by atoms with Crippen LogP contribution in [-0.4, -0.2) is 21.1 Å². The summed E-state index contributed by atoms with van der Waals surface area (Å²) in [6.45, 7) is -1.49. The average Bonchev–Trinajstić information content (AvgIpc) is 3.62. The summed E-state index contributed by atoms with van der Waals surface area (Å²) < 4.78 is 53.4. The SMILES string of the molecule is [2H]C([2H])([2H])C([2H])([2H])c1[nH]nc(C)c1-c1ccc(NC(=O)C(N)=C(C2CC2)C2CC2)nc1F. The number of H-pyrrole nitrogens is 1. The van der Waals surface area contributed by atoms with E-state index in [1.54, 1.807) is 0 Å². The number of carbonyl (C=O) groups is 1. The van der Waals surface area contributed by atoms with E-state index in [2.05, 4.69) is 20.5 Å². The van der Waals surface area contributed by atoms with Crippen LogP contribution >= 0.6 is 0 Å². The van der Waals surface area contributed by atoms with E-state index in [4.69, 9.17) is 12.6 Å². The molecule has 0 unspecified atom stereocenters. The summed E-state index contributed by atoms with van der Waals surface area (Å²) in [5, 5.41) is 8.78. The summed E-state index contributed by atoms with van der Waals surface area (Å²) in [6.07, 6.45) is 1.31. The lowest BCUT2D eigenvalue weighted by atomic mass is 10.0. The highest BCUT2D eigenvalue weighted by atomic mass is 19.1. The number of nitrogens with one attached hydrogen (secondary N) is 2. The largest absolute Gasteiger partial charge is 0.394 e. The molecular weight excluding hydrogens is 345 g/mol. The molecule has 2 saturated carbocycles. The van der Waals surface area contributed by atoms with Gasteiger partial charge < -0.3 is 11.1 Å². The van der Waals surface area contributed by atoms with Crippen LogP contribution in [0.3, 0.4) is 0 Å². The third kappa shape index (κ3) is 3.46. The number of nitrogens with two attached hydrogens (primary N) is 1. The van der Waals surface area contributed by atoms with Crippen molar-refractivity contribution in [2.75, 3.05) is 5.32 Å². The molecule has 0 aliphatic heterocycles. The number of aromatic nitrogens is 3. The molecule has 4 rings (SSSR count). The Morgan fingerprint density at radius 3 is 2.70 bits per heavy atom. The van der Waals surface area contributed by atoms with Crippen molar-refractivity contribution in [3.8, 4) is 11.1 Å². The fourth-order valence-corrected chi connectivity index (χ4v) is 3.42. The van der Waals surface area contributed by atoms with E-state index in [1.165, 1.54) is 19.1 Å². The van der Waals surface area contributed by atoms with Crippen molar-refractivity contribution in [1.29, 1.82) is 0 Å². The Labute approximate surface area is 164 Å². The van der Waals surface area contributed by atoms with E-state index in [-0.39, 0.29) is 34.0 Å². The highest BCUT2D eigenvalue weighted by Gasteiger charge is 2.39. The fourth-order valence-electron chi connectivity index (χ4n) is 3.42. The minimum absolute atomic E-state index is 0.0156. The number of aryl methyl sites for hydroxylation is 2. The maximum atomic E-state index is 14.9. The topological polar surface area (TPSA) is 96.7 Å². The maximum absolute atomic E-state index is 14.9. The van der Waals surface area contributed by atoms with Crippen molar-refractivity contribution >= 4 is 11.7 Å².